The van der Waals surface area contributed by atoms with Crippen molar-refractivity contribution in [3.8, 4) is 17.1 Å². The fourth-order valence-corrected chi connectivity index (χ4v) is 10.5. The highest BCUT2D eigenvalue weighted by molar-refractivity contribution is 6.05. The highest BCUT2D eigenvalue weighted by Crippen LogP contribution is 2.36. The minimum Gasteiger partial charge on any atom is -0.494 e. The molecule has 5 aromatic rings. The third-order valence-electron chi connectivity index (χ3n) is 14.8. The lowest BCUT2D eigenvalue weighted by Gasteiger charge is -2.37. The molecule has 3 saturated heterocycles. The number of nitrogens with two attached hydrogens (primary N) is 1. The quantitative estimate of drug-likeness (QED) is 0.0254. The van der Waals surface area contributed by atoms with Gasteiger partial charge in [-0.2, -0.15) is 5.10 Å². The lowest BCUT2D eigenvalue weighted by atomic mass is 9.86. The first kappa shape index (κ1) is 56.9. The van der Waals surface area contributed by atoms with Crippen molar-refractivity contribution < 1.29 is 42.9 Å². The zero-order chi connectivity index (χ0) is 54.5. The number of carbonyl (C=O) groups excluding carboxylic acids is 5. The molecule has 0 spiro atoms. The smallest absolute Gasteiger partial charge is 0.255 e. The van der Waals surface area contributed by atoms with Gasteiger partial charge >= 0.3 is 0 Å². The van der Waals surface area contributed by atoms with E-state index in [1.54, 1.807) is 17.3 Å². The van der Waals surface area contributed by atoms with Crippen LogP contribution in [0.2, 0.25) is 0 Å². The van der Waals surface area contributed by atoms with Gasteiger partial charge in [0.05, 0.1) is 38.6 Å². The van der Waals surface area contributed by atoms with Crippen molar-refractivity contribution in [1.29, 1.82) is 0 Å². The van der Waals surface area contributed by atoms with Gasteiger partial charge in [0, 0.05) is 99.6 Å². The molecule has 0 bridgehead atoms. The first-order valence-corrected chi connectivity index (χ1v) is 27.5. The van der Waals surface area contributed by atoms with Crippen molar-refractivity contribution in [1.82, 2.24) is 40.6 Å². The minimum atomic E-state index is -0.633. The van der Waals surface area contributed by atoms with E-state index < -0.39 is 11.9 Å². The summed E-state index contributed by atoms with van der Waals surface area (Å²) in [6, 6.07) is 26.2. The van der Waals surface area contributed by atoms with Gasteiger partial charge in [-0.05, 0) is 129 Å². The third kappa shape index (κ3) is 15.5. The number of pyridine rings is 1. The molecule has 4 aliphatic rings. The Hall–Kier alpha value is -7.26. The molecule has 0 aliphatic carbocycles. The molecular weight excluding hydrogens is 995 g/mol. The second-order valence-electron chi connectivity index (χ2n) is 20.1. The number of anilines is 2. The number of amides is 5. The summed E-state index contributed by atoms with van der Waals surface area (Å²) in [5.74, 6) is 1.82. The number of unbranched alkanes of at least 4 members (excludes halogenated alkanes) is 3. The van der Waals surface area contributed by atoms with E-state index in [0.717, 1.165) is 85.7 Å². The van der Waals surface area contributed by atoms with Gasteiger partial charge in [-0.15, -0.1) is 0 Å². The van der Waals surface area contributed by atoms with E-state index in [0.29, 0.717) is 110 Å². The number of ether oxygens (including phenoxy) is 4. The number of piperidine rings is 2. The molecule has 4 aliphatic heterocycles. The number of H-pyrrole nitrogens is 1. The zero-order valence-electron chi connectivity index (χ0n) is 44.8. The summed E-state index contributed by atoms with van der Waals surface area (Å²) in [7, 11) is 0. The van der Waals surface area contributed by atoms with E-state index in [1.165, 1.54) is 11.1 Å². The standard InChI is InChI=1S/C57H72N10O8.CH3NO/c1-41(43-9-6-11-46(37-43)62-57(20-24-59-25-21-57)56-61-53(63-64-56)42-18-22-58-23-19-42)44-10-7-12-48(39-44)75-32-5-3-2-4-30-72-33-35-74-36-34-73-31-8-13-52(69)66-28-26-65(27-29-66)47-14-15-49-45(38-47)40-67(55(49)71)50-16-17-51(68)60-54(50)70;2-1-3/h6-7,9-12,14-15,18-19,22-23,37-39,41,50,59,62H,2-5,8,13,16-17,20-21,24-36,40H2,1H3,(H,60,68,70)(H,61,63,64);1H,(H2,2,3). The van der Waals surface area contributed by atoms with Crippen LogP contribution in [0.5, 0.6) is 5.75 Å². The topological polar surface area (TPSA) is 249 Å². The van der Waals surface area contributed by atoms with Crippen molar-refractivity contribution in [3.05, 3.63) is 119 Å². The van der Waals surface area contributed by atoms with Crippen LogP contribution in [0.3, 0.4) is 0 Å². The Morgan fingerprint density at radius 3 is 2.23 bits per heavy atom. The maximum atomic E-state index is 13.1. The molecule has 9 rings (SSSR count). The summed E-state index contributed by atoms with van der Waals surface area (Å²) in [5, 5.41) is 17.6. The number of primary amides is 1. The zero-order valence-corrected chi connectivity index (χ0v) is 44.8. The minimum absolute atomic E-state index is 0.127. The number of imide groups is 1. The van der Waals surface area contributed by atoms with Crippen molar-refractivity contribution in [2.75, 3.05) is 95.7 Å². The number of piperazine rings is 1. The Kier molecular flexibility index (Phi) is 21.1. The van der Waals surface area contributed by atoms with Crippen LogP contribution in [0.1, 0.15) is 110 Å². The van der Waals surface area contributed by atoms with Gasteiger partial charge in [-0.25, -0.2) is 4.98 Å². The van der Waals surface area contributed by atoms with Gasteiger partial charge in [-0.1, -0.05) is 37.6 Å². The number of carbonyl (C=O) groups is 5. The molecule has 0 saturated carbocycles. The maximum Gasteiger partial charge on any atom is 0.255 e. The number of rotatable bonds is 26. The SMILES string of the molecule is CC(c1cccc(NC2(c3nc(-c4ccncc4)n[nH]3)CCNCC2)c1)c1cccc(OCCCCCCOCCOCCOCCCC(=O)N2CCN(c3ccc4c(c3)CN(C3CCC(=O)NC3=O)C4=O)CC2)c1.NC=O. The van der Waals surface area contributed by atoms with Crippen LogP contribution < -0.4 is 31.3 Å². The Bertz CT molecular complexity index is 2750. The van der Waals surface area contributed by atoms with E-state index in [2.05, 4.69) is 91.2 Å². The molecule has 2 unspecified atom stereocenters. The van der Waals surface area contributed by atoms with Crippen molar-refractivity contribution >= 4 is 41.4 Å². The summed E-state index contributed by atoms with van der Waals surface area (Å²) in [6.07, 6.45) is 11.3. The highest BCUT2D eigenvalue weighted by atomic mass is 16.5. The largest absolute Gasteiger partial charge is 0.494 e. The molecule has 416 valence electrons. The van der Waals surface area contributed by atoms with Crippen LogP contribution in [0.4, 0.5) is 11.4 Å². The first-order valence-electron chi connectivity index (χ1n) is 27.5. The molecule has 20 heteroatoms. The Balaban J connectivity index is 0.00000262. The molecule has 2 aromatic heterocycles. The number of hydrogen-bond donors (Lipinski definition) is 5. The molecule has 20 nitrogen and oxygen atoms in total. The fraction of sp³-hybridized carbons (Fsp3) is 0.483. The van der Waals surface area contributed by atoms with Crippen LogP contribution in [-0.2, 0) is 45.5 Å². The second kappa shape index (κ2) is 28.9. The lowest BCUT2D eigenvalue weighted by Crippen LogP contribution is -2.52. The highest BCUT2D eigenvalue weighted by Gasteiger charge is 2.40. The van der Waals surface area contributed by atoms with Crippen molar-refractivity contribution in [3.63, 3.8) is 0 Å². The van der Waals surface area contributed by atoms with E-state index in [-0.39, 0.29) is 42.0 Å². The lowest BCUT2D eigenvalue weighted by molar-refractivity contribution is -0.137. The molecule has 3 fully saturated rings. The summed E-state index contributed by atoms with van der Waals surface area (Å²) in [5.41, 5.74) is 10.7. The summed E-state index contributed by atoms with van der Waals surface area (Å²) in [6.45, 7) is 10.9. The van der Waals surface area contributed by atoms with E-state index >= 15 is 0 Å². The first-order chi connectivity index (χ1) is 38.1. The molecular formula is C58H75N11O9. The third-order valence-corrected chi connectivity index (χ3v) is 14.8. The van der Waals surface area contributed by atoms with Gasteiger partial charge in [0.1, 0.15) is 11.8 Å². The van der Waals surface area contributed by atoms with Crippen LogP contribution in [0.15, 0.2) is 91.3 Å². The Morgan fingerprint density at radius 1 is 0.821 bits per heavy atom. The van der Waals surface area contributed by atoms with Crippen molar-refractivity contribution in [2.24, 2.45) is 5.73 Å². The van der Waals surface area contributed by atoms with E-state index in [4.69, 9.17) is 28.7 Å². The average Bonchev–Trinajstić information content (AvgIpc) is 4.26. The van der Waals surface area contributed by atoms with Crippen LogP contribution >= 0.6 is 0 Å². The molecule has 6 heterocycles. The average molecular weight is 1070 g/mol. The number of benzene rings is 3. The summed E-state index contributed by atoms with van der Waals surface area (Å²) in [4.78, 5) is 73.4. The van der Waals surface area contributed by atoms with Gasteiger partial charge in [0.2, 0.25) is 24.1 Å². The number of hydrogen-bond acceptors (Lipinski definition) is 15. The Morgan fingerprint density at radius 2 is 1.50 bits per heavy atom. The van der Waals surface area contributed by atoms with Gasteiger partial charge in [0.25, 0.3) is 5.91 Å². The van der Waals surface area contributed by atoms with Crippen molar-refractivity contribution in [2.45, 2.75) is 95.2 Å². The monoisotopic (exact) mass is 1070 g/mol. The number of fused-ring (bicyclic) bond motifs is 1. The molecule has 5 amide bonds. The van der Waals surface area contributed by atoms with Crippen LogP contribution in [0, 0.1) is 0 Å². The predicted octanol–water partition coefficient (Wildman–Crippen LogP) is 5.69. The molecule has 0 radical (unpaired) electrons. The molecule has 3 aromatic carbocycles. The number of nitrogens with zero attached hydrogens (tertiary/aromatic N) is 6. The normalized spacial score (nSPS) is 17.4. The second-order valence-corrected chi connectivity index (χ2v) is 20.1. The van der Waals surface area contributed by atoms with E-state index in [9.17, 15) is 19.2 Å². The fourth-order valence-electron chi connectivity index (χ4n) is 10.5. The summed E-state index contributed by atoms with van der Waals surface area (Å²) >= 11 is 0. The van der Waals surface area contributed by atoms with Gasteiger partial charge < -0.3 is 50.0 Å². The van der Waals surface area contributed by atoms with Gasteiger partial charge in [-0.3, -0.25) is 39.4 Å². The molecule has 78 heavy (non-hydrogen) atoms. The van der Waals surface area contributed by atoms with Crippen LogP contribution in [-0.4, -0.2) is 152 Å². The molecule has 6 N–H and O–H groups in total. The summed E-state index contributed by atoms with van der Waals surface area (Å²) < 4.78 is 23.4. The maximum absolute atomic E-state index is 13.1. The van der Waals surface area contributed by atoms with Gasteiger partial charge in [0.15, 0.2) is 11.6 Å². The number of aromatic amines is 1. The van der Waals surface area contributed by atoms with Crippen LogP contribution in [0.25, 0.3) is 11.4 Å². The molecule has 2 atom stereocenters. The number of aromatic nitrogens is 4. The van der Waals surface area contributed by atoms with E-state index in [1.807, 2.05) is 41.3 Å². The Labute approximate surface area is 456 Å². The number of nitrogens with one attached hydrogen (secondary N) is 4. The predicted molar refractivity (Wildman–Crippen MR) is 295 cm³/mol.